The Morgan fingerprint density at radius 1 is 1.47 bits per heavy atom. The van der Waals surface area contributed by atoms with Gasteiger partial charge >= 0.3 is 5.97 Å². The van der Waals surface area contributed by atoms with Gasteiger partial charge in [-0.3, -0.25) is 9.69 Å². The van der Waals surface area contributed by atoms with E-state index in [1.54, 1.807) is 0 Å². The van der Waals surface area contributed by atoms with E-state index in [0.717, 1.165) is 25.9 Å². The van der Waals surface area contributed by atoms with E-state index in [4.69, 9.17) is 4.74 Å². The zero-order valence-corrected chi connectivity index (χ0v) is 11.6. The van der Waals surface area contributed by atoms with Crippen LogP contribution in [-0.4, -0.2) is 49.2 Å². The molecule has 1 fully saturated rings. The van der Waals surface area contributed by atoms with Crippen molar-refractivity contribution in [2.45, 2.75) is 51.6 Å². The fourth-order valence-electron chi connectivity index (χ4n) is 2.30. The molecule has 0 aliphatic carbocycles. The summed E-state index contributed by atoms with van der Waals surface area (Å²) < 4.78 is 4.99. The molecule has 0 spiro atoms. The van der Waals surface area contributed by atoms with Gasteiger partial charge in [0.1, 0.15) is 0 Å². The molecule has 100 valence electrons. The lowest BCUT2D eigenvalue weighted by molar-refractivity contribution is -0.144. The van der Waals surface area contributed by atoms with Crippen LogP contribution < -0.4 is 5.32 Å². The number of esters is 1. The van der Waals surface area contributed by atoms with Crippen molar-refractivity contribution in [1.82, 2.24) is 10.2 Å². The monoisotopic (exact) mass is 242 g/mol. The Bertz CT molecular complexity index is 248. The van der Waals surface area contributed by atoms with Crippen molar-refractivity contribution in [3.05, 3.63) is 0 Å². The highest BCUT2D eigenvalue weighted by molar-refractivity contribution is 5.70. The average Bonchev–Trinajstić information content (AvgIpc) is 2.30. The predicted molar refractivity (Wildman–Crippen MR) is 69.0 cm³/mol. The first-order chi connectivity index (χ1) is 8.00. The van der Waals surface area contributed by atoms with E-state index in [9.17, 15) is 4.79 Å². The summed E-state index contributed by atoms with van der Waals surface area (Å²) in [6.07, 6.45) is 2.78. The van der Waals surface area contributed by atoms with Crippen LogP contribution >= 0.6 is 0 Å². The Labute approximate surface area is 105 Å². The van der Waals surface area contributed by atoms with Crippen LogP contribution in [0, 0.1) is 0 Å². The molecule has 1 heterocycles. The van der Waals surface area contributed by atoms with E-state index in [1.807, 2.05) is 14.0 Å². The van der Waals surface area contributed by atoms with Crippen LogP contribution in [-0.2, 0) is 9.53 Å². The largest absolute Gasteiger partial charge is 0.466 e. The molecule has 0 radical (unpaired) electrons. The molecular formula is C13H26N2O2. The average molecular weight is 242 g/mol. The summed E-state index contributed by atoms with van der Waals surface area (Å²) in [6, 6.07) is 0.287. The summed E-state index contributed by atoms with van der Waals surface area (Å²) in [4.78, 5) is 13.8. The predicted octanol–water partition coefficient (Wildman–Crippen LogP) is 1.40. The lowest BCUT2D eigenvalue weighted by Gasteiger charge is -2.41. The molecule has 0 bridgehead atoms. The Kier molecular flexibility index (Phi) is 5.40. The topological polar surface area (TPSA) is 41.6 Å². The summed E-state index contributed by atoms with van der Waals surface area (Å²) in [5, 5.41) is 3.38. The molecule has 1 aliphatic heterocycles. The van der Waals surface area contributed by atoms with E-state index < -0.39 is 0 Å². The molecule has 1 aliphatic rings. The molecule has 1 saturated heterocycles. The molecule has 1 unspecified atom stereocenters. The number of likely N-dealkylation sites (tertiary alicyclic amines) is 1. The number of nitrogens with zero attached hydrogens (tertiary/aromatic N) is 1. The van der Waals surface area contributed by atoms with Gasteiger partial charge in [-0.1, -0.05) is 0 Å². The number of hydrogen-bond donors (Lipinski definition) is 1. The zero-order chi connectivity index (χ0) is 12.9. The molecule has 0 aromatic carbocycles. The van der Waals surface area contributed by atoms with Crippen LogP contribution in [0.1, 0.15) is 40.0 Å². The molecule has 0 amide bonds. The summed E-state index contributed by atoms with van der Waals surface area (Å²) in [6.45, 7) is 8.81. The minimum Gasteiger partial charge on any atom is -0.466 e. The van der Waals surface area contributed by atoms with Gasteiger partial charge in [-0.15, -0.1) is 0 Å². The summed E-state index contributed by atoms with van der Waals surface area (Å²) in [5.41, 5.74) is 0.264. The SMILES string of the molecule is CCOC(=O)CC(C)N1CCC(C)(NC)CC1. The molecule has 17 heavy (non-hydrogen) atoms. The number of carbonyl (C=O) groups is 1. The molecule has 4 nitrogen and oxygen atoms in total. The first-order valence-corrected chi connectivity index (χ1v) is 6.59. The van der Waals surface area contributed by atoms with Gasteiger partial charge in [-0.05, 0) is 40.7 Å². The van der Waals surface area contributed by atoms with E-state index in [2.05, 4.69) is 24.1 Å². The van der Waals surface area contributed by atoms with Crippen LogP contribution in [0.3, 0.4) is 0 Å². The quantitative estimate of drug-likeness (QED) is 0.740. The highest BCUT2D eigenvalue weighted by Gasteiger charge is 2.30. The molecular weight excluding hydrogens is 216 g/mol. The molecule has 0 aromatic rings. The minimum absolute atomic E-state index is 0.0815. The van der Waals surface area contributed by atoms with E-state index in [-0.39, 0.29) is 17.6 Å². The van der Waals surface area contributed by atoms with E-state index in [1.165, 1.54) is 0 Å². The summed E-state index contributed by atoms with van der Waals surface area (Å²) in [7, 11) is 2.03. The van der Waals surface area contributed by atoms with Gasteiger partial charge in [0, 0.05) is 24.7 Å². The zero-order valence-electron chi connectivity index (χ0n) is 11.6. The van der Waals surface area contributed by atoms with Crippen molar-refractivity contribution in [2.24, 2.45) is 0 Å². The van der Waals surface area contributed by atoms with Crippen LogP contribution in [0.2, 0.25) is 0 Å². The first-order valence-electron chi connectivity index (χ1n) is 6.59. The maximum atomic E-state index is 11.4. The van der Waals surface area contributed by atoms with Crippen LogP contribution in [0.4, 0.5) is 0 Å². The molecule has 0 saturated carbocycles. The second kappa shape index (κ2) is 6.36. The van der Waals surface area contributed by atoms with Crippen molar-refractivity contribution in [3.63, 3.8) is 0 Å². The Balaban J connectivity index is 2.35. The standard InChI is InChI=1S/C13H26N2O2/c1-5-17-12(16)10-11(2)15-8-6-13(3,14-4)7-9-15/h11,14H,5-10H2,1-4H3. The van der Waals surface area contributed by atoms with Gasteiger partial charge in [0.05, 0.1) is 13.0 Å². The fourth-order valence-corrected chi connectivity index (χ4v) is 2.30. The third kappa shape index (κ3) is 4.28. The van der Waals surface area contributed by atoms with Crippen molar-refractivity contribution in [1.29, 1.82) is 0 Å². The van der Waals surface area contributed by atoms with Gasteiger partial charge in [-0.2, -0.15) is 0 Å². The van der Waals surface area contributed by atoms with Crippen molar-refractivity contribution in [2.75, 3.05) is 26.7 Å². The highest BCUT2D eigenvalue weighted by atomic mass is 16.5. The van der Waals surface area contributed by atoms with Gasteiger partial charge < -0.3 is 10.1 Å². The Hall–Kier alpha value is -0.610. The molecule has 1 N–H and O–H groups in total. The van der Waals surface area contributed by atoms with E-state index >= 15 is 0 Å². The molecule has 0 aromatic heterocycles. The number of hydrogen-bond acceptors (Lipinski definition) is 4. The summed E-state index contributed by atoms with van der Waals surface area (Å²) >= 11 is 0. The van der Waals surface area contributed by atoms with Gasteiger partial charge in [0.2, 0.25) is 0 Å². The van der Waals surface area contributed by atoms with E-state index in [0.29, 0.717) is 13.0 Å². The number of nitrogens with one attached hydrogen (secondary N) is 1. The normalized spacial score (nSPS) is 22.1. The molecule has 1 atom stereocenters. The second-order valence-electron chi connectivity index (χ2n) is 5.20. The van der Waals surface area contributed by atoms with Crippen molar-refractivity contribution in [3.8, 4) is 0 Å². The Morgan fingerprint density at radius 2 is 2.06 bits per heavy atom. The van der Waals surface area contributed by atoms with Crippen LogP contribution in [0.5, 0.6) is 0 Å². The van der Waals surface area contributed by atoms with Gasteiger partial charge in [0.15, 0.2) is 0 Å². The fraction of sp³-hybridized carbons (Fsp3) is 0.923. The maximum Gasteiger partial charge on any atom is 0.307 e. The lowest BCUT2D eigenvalue weighted by atomic mass is 9.89. The van der Waals surface area contributed by atoms with Crippen molar-refractivity contribution < 1.29 is 9.53 Å². The van der Waals surface area contributed by atoms with Gasteiger partial charge in [-0.25, -0.2) is 0 Å². The molecule has 1 rings (SSSR count). The number of piperidine rings is 1. The first kappa shape index (κ1) is 14.5. The van der Waals surface area contributed by atoms with Crippen LogP contribution in [0.15, 0.2) is 0 Å². The third-order valence-corrected chi connectivity index (χ3v) is 3.90. The second-order valence-corrected chi connectivity index (χ2v) is 5.20. The number of carbonyl (C=O) groups excluding carboxylic acids is 1. The Morgan fingerprint density at radius 3 is 2.53 bits per heavy atom. The highest BCUT2D eigenvalue weighted by Crippen LogP contribution is 2.23. The van der Waals surface area contributed by atoms with Crippen molar-refractivity contribution >= 4 is 5.97 Å². The minimum atomic E-state index is -0.0815. The summed E-state index contributed by atoms with van der Waals surface area (Å²) in [5.74, 6) is -0.0815. The van der Waals surface area contributed by atoms with Crippen LogP contribution in [0.25, 0.3) is 0 Å². The number of rotatable bonds is 5. The smallest absolute Gasteiger partial charge is 0.307 e. The molecule has 4 heteroatoms. The number of ether oxygens (including phenoxy) is 1. The van der Waals surface area contributed by atoms with Gasteiger partial charge in [0.25, 0.3) is 0 Å². The lowest BCUT2D eigenvalue weighted by Crippen LogP contribution is -2.52. The maximum absolute atomic E-state index is 11.4. The third-order valence-electron chi connectivity index (χ3n) is 3.90.